The SMILES string of the molecule is CCN(C(=O)CC(C)C1CCCNC1)C1CCN(c2ccccc2)C1=O. The van der Waals surface area contributed by atoms with Crippen LogP contribution in [0.3, 0.4) is 0 Å². The van der Waals surface area contributed by atoms with Gasteiger partial charge in [0.2, 0.25) is 11.8 Å². The second kappa shape index (κ2) is 8.67. The molecule has 0 aliphatic carbocycles. The van der Waals surface area contributed by atoms with Crippen LogP contribution in [-0.4, -0.2) is 48.9 Å². The lowest BCUT2D eigenvalue weighted by molar-refractivity contribution is -0.139. The van der Waals surface area contributed by atoms with Gasteiger partial charge in [-0.3, -0.25) is 9.59 Å². The van der Waals surface area contributed by atoms with Crippen molar-refractivity contribution in [1.29, 1.82) is 0 Å². The molecule has 2 aliphatic rings. The summed E-state index contributed by atoms with van der Waals surface area (Å²) in [4.78, 5) is 29.5. The highest BCUT2D eigenvalue weighted by Gasteiger charge is 2.38. The van der Waals surface area contributed by atoms with Gasteiger partial charge in [0.25, 0.3) is 0 Å². The van der Waals surface area contributed by atoms with Crippen LogP contribution >= 0.6 is 0 Å². The van der Waals surface area contributed by atoms with Gasteiger partial charge in [-0.05, 0) is 63.2 Å². The van der Waals surface area contributed by atoms with Gasteiger partial charge in [0, 0.05) is 25.2 Å². The molecule has 2 fully saturated rings. The zero-order chi connectivity index (χ0) is 18.5. The molecule has 2 amide bonds. The predicted molar refractivity (Wildman–Crippen MR) is 104 cm³/mol. The number of nitrogens with one attached hydrogen (secondary N) is 1. The Morgan fingerprint density at radius 3 is 2.73 bits per heavy atom. The third kappa shape index (κ3) is 4.09. The number of anilines is 1. The third-order valence-electron chi connectivity index (χ3n) is 5.92. The lowest BCUT2D eigenvalue weighted by atomic mass is 9.85. The maximum atomic E-state index is 12.9. The zero-order valence-electron chi connectivity index (χ0n) is 16.0. The Kier molecular flexibility index (Phi) is 6.30. The highest BCUT2D eigenvalue weighted by atomic mass is 16.2. The highest BCUT2D eigenvalue weighted by Crippen LogP contribution is 2.27. The van der Waals surface area contributed by atoms with E-state index in [1.165, 1.54) is 12.8 Å². The van der Waals surface area contributed by atoms with Crippen molar-refractivity contribution in [1.82, 2.24) is 10.2 Å². The summed E-state index contributed by atoms with van der Waals surface area (Å²) in [5.41, 5.74) is 0.921. The predicted octanol–water partition coefficient (Wildman–Crippen LogP) is 2.67. The molecular weight excluding hydrogens is 326 g/mol. The van der Waals surface area contributed by atoms with Crippen LogP contribution in [0, 0.1) is 11.8 Å². The molecule has 0 aromatic heterocycles. The Labute approximate surface area is 156 Å². The molecule has 26 heavy (non-hydrogen) atoms. The summed E-state index contributed by atoms with van der Waals surface area (Å²) in [6, 6.07) is 9.43. The van der Waals surface area contributed by atoms with Crippen LogP contribution in [0.2, 0.25) is 0 Å². The van der Waals surface area contributed by atoms with Gasteiger partial charge in [-0.15, -0.1) is 0 Å². The number of piperidine rings is 1. The Bertz CT molecular complexity index is 613. The fourth-order valence-electron chi connectivity index (χ4n) is 4.31. The van der Waals surface area contributed by atoms with Gasteiger partial charge in [0.1, 0.15) is 6.04 Å². The largest absolute Gasteiger partial charge is 0.331 e. The lowest BCUT2D eigenvalue weighted by Crippen LogP contribution is -2.46. The van der Waals surface area contributed by atoms with Crippen LogP contribution in [0.25, 0.3) is 0 Å². The van der Waals surface area contributed by atoms with Crippen LogP contribution in [0.4, 0.5) is 5.69 Å². The van der Waals surface area contributed by atoms with Crippen LogP contribution in [0.15, 0.2) is 30.3 Å². The first-order valence-electron chi connectivity index (χ1n) is 9.98. The smallest absolute Gasteiger partial charge is 0.249 e. The van der Waals surface area contributed by atoms with E-state index in [1.54, 1.807) is 4.90 Å². The monoisotopic (exact) mass is 357 g/mol. The number of para-hydroxylation sites is 1. The number of carbonyl (C=O) groups is 2. The van der Waals surface area contributed by atoms with Gasteiger partial charge in [-0.25, -0.2) is 0 Å². The number of rotatable bonds is 6. The average molecular weight is 357 g/mol. The Balaban J connectivity index is 1.62. The van der Waals surface area contributed by atoms with Crippen LogP contribution in [-0.2, 0) is 9.59 Å². The molecule has 2 heterocycles. The maximum absolute atomic E-state index is 12.9. The van der Waals surface area contributed by atoms with E-state index in [2.05, 4.69) is 12.2 Å². The van der Waals surface area contributed by atoms with E-state index in [1.807, 2.05) is 42.2 Å². The van der Waals surface area contributed by atoms with E-state index < -0.39 is 0 Å². The molecule has 1 aromatic rings. The summed E-state index contributed by atoms with van der Waals surface area (Å²) in [6.07, 6.45) is 3.63. The molecule has 5 nitrogen and oxygen atoms in total. The Morgan fingerprint density at radius 1 is 1.31 bits per heavy atom. The van der Waals surface area contributed by atoms with Gasteiger partial charge >= 0.3 is 0 Å². The van der Waals surface area contributed by atoms with Crippen molar-refractivity contribution < 1.29 is 9.59 Å². The molecule has 2 saturated heterocycles. The molecule has 5 heteroatoms. The first-order valence-corrected chi connectivity index (χ1v) is 9.98. The van der Waals surface area contributed by atoms with Gasteiger partial charge in [-0.1, -0.05) is 25.1 Å². The summed E-state index contributed by atoms with van der Waals surface area (Å²) < 4.78 is 0. The number of likely N-dealkylation sites (N-methyl/N-ethyl adjacent to an activating group) is 1. The average Bonchev–Trinajstić information content (AvgIpc) is 3.05. The summed E-state index contributed by atoms with van der Waals surface area (Å²) in [5, 5.41) is 3.43. The standard InChI is InChI=1S/C21H31N3O2/c1-3-23(20(25)14-16(2)17-8-7-12-22-15-17)19-11-13-24(21(19)26)18-9-5-4-6-10-18/h4-6,9-10,16-17,19,22H,3,7-8,11-15H2,1-2H3. The Morgan fingerprint density at radius 2 is 2.08 bits per heavy atom. The highest BCUT2D eigenvalue weighted by molar-refractivity contribution is 6.01. The molecule has 3 unspecified atom stereocenters. The van der Waals surface area contributed by atoms with Gasteiger partial charge < -0.3 is 15.1 Å². The summed E-state index contributed by atoms with van der Waals surface area (Å²) >= 11 is 0. The fourth-order valence-corrected chi connectivity index (χ4v) is 4.31. The van der Waals surface area contributed by atoms with Gasteiger partial charge in [0.15, 0.2) is 0 Å². The summed E-state index contributed by atoms with van der Waals surface area (Å²) in [7, 11) is 0. The summed E-state index contributed by atoms with van der Waals surface area (Å²) in [5.74, 6) is 1.09. The van der Waals surface area contributed by atoms with Crippen molar-refractivity contribution in [3.05, 3.63) is 30.3 Å². The van der Waals surface area contributed by atoms with E-state index >= 15 is 0 Å². The molecule has 3 rings (SSSR count). The minimum atomic E-state index is -0.315. The van der Waals surface area contributed by atoms with Crippen LogP contribution in [0.5, 0.6) is 0 Å². The molecule has 0 radical (unpaired) electrons. The van der Waals surface area contributed by atoms with Crippen molar-refractivity contribution in [2.45, 2.75) is 45.6 Å². The van der Waals surface area contributed by atoms with Crippen LogP contribution < -0.4 is 10.2 Å². The van der Waals surface area contributed by atoms with Crippen molar-refractivity contribution in [3.8, 4) is 0 Å². The number of amides is 2. The fraction of sp³-hybridized carbons (Fsp3) is 0.619. The van der Waals surface area contributed by atoms with Gasteiger partial charge in [0.05, 0.1) is 0 Å². The molecule has 0 bridgehead atoms. The van der Waals surface area contributed by atoms with Crippen molar-refractivity contribution >= 4 is 17.5 Å². The first-order chi connectivity index (χ1) is 12.6. The second-order valence-electron chi connectivity index (χ2n) is 7.60. The second-order valence-corrected chi connectivity index (χ2v) is 7.60. The number of nitrogens with zero attached hydrogens (tertiary/aromatic N) is 2. The Hall–Kier alpha value is -1.88. The van der Waals surface area contributed by atoms with Crippen molar-refractivity contribution in [3.63, 3.8) is 0 Å². The molecule has 0 saturated carbocycles. The first kappa shape index (κ1) is 18.9. The number of hydrogen-bond donors (Lipinski definition) is 1. The number of carbonyl (C=O) groups excluding carboxylic acids is 2. The molecule has 1 N–H and O–H groups in total. The quantitative estimate of drug-likeness (QED) is 0.852. The molecular formula is C21H31N3O2. The molecule has 0 spiro atoms. The van der Waals surface area contributed by atoms with Crippen LogP contribution in [0.1, 0.15) is 39.5 Å². The number of hydrogen-bond acceptors (Lipinski definition) is 3. The van der Waals surface area contributed by atoms with Crippen molar-refractivity contribution in [2.24, 2.45) is 11.8 Å². The van der Waals surface area contributed by atoms with Gasteiger partial charge in [-0.2, -0.15) is 0 Å². The number of benzene rings is 1. The topological polar surface area (TPSA) is 52.7 Å². The van der Waals surface area contributed by atoms with E-state index in [9.17, 15) is 9.59 Å². The van der Waals surface area contributed by atoms with E-state index in [-0.39, 0.29) is 17.9 Å². The summed E-state index contributed by atoms with van der Waals surface area (Å²) in [6.45, 7) is 7.51. The minimum absolute atomic E-state index is 0.0541. The van der Waals surface area contributed by atoms with E-state index in [0.717, 1.165) is 18.8 Å². The van der Waals surface area contributed by atoms with E-state index in [0.29, 0.717) is 37.8 Å². The normalized spacial score (nSPS) is 24.5. The zero-order valence-corrected chi connectivity index (χ0v) is 16.0. The van der Waals surface area contributed by atoms with E-state index in [4.69, 9.17) is 0 Å². The lowest BCUT2D eigenvalue weighted by Gasteiger charge is -2.31. The minimum Gasteiger partial charge on any atom is -0.331 e. The molecule has 1 aromatic carbocycles. The maximum Gasteiger partial charge on any atom is 0.249 e. The molecule has 2 aliphatic heterocycles. The van der Waals surface area contributed by atoms with Crippen molar-refractivity contribution in [2.75, 3.05) is 31.1 Å². The molecule has 3 atom stereocenters. The third-order valence-corrected chi connectivity index (χ3v) is 5.92. The molecule has 142 valence electrons.